The fourth-order valence-corrected chi connectivity index (χ4v) is 1.50. The van der Waals surface area contributed by atoms with E-state index in [0.717, 1.165) is 12.1 Å². The number of rotatable bonds is 3. The summed E-state index contributed by atoms with van der Waals surface area (Å²) >= 11 is 0. The highest BCUT2D eigenvalue weighted by molar-refractivity contribution is 5.29. The summed E-state index contributed by atoms with van der Waals surface area (Å²) in [7, 11) is 0. The van der Waals surface area contributed by atoms with Crippen LogP contribution in [0.1, 0.15) is 31.0 Å². The lowest BCUT2D eigenvalue weighted by Crippen LogP contribution is -2.32. The van der Waals surface area contributed by atoms with E-state index in [-0.39, 0.29) is 12.2 Å². The third-order valence-electron chi connectivity index (χ3n) is 2.91. The summed E-state index contributed by atoms with van der Waals surface area (Å²) in [5, 5.41) is 9.13. The van der Waals surface area contributed by atoms with Crippen LogP contribution in [0, 0.1) is 11.2 Å². The monoisotopic (exact) mass is 265 g/mol. The van der Waals surface area contributed by atoms with Crippen molar-refractivity contribution in [2.45, 2.75) is 26.1 Å². The Kier molecular flexibility index (Phi) is 4.02. The Balaban J connectivity index is 3.13. The molecule has 1 aromatic rings. The van der Waals surface area contributed by atoms with E-state index >= 15 is 0 Å². The van der Waals surface area contributed by atoms with Crippen LogP contribution in [0.5, 0.6) is 0 Å². The molecule has 18 heavy (non-hydrogen) atoms. The maximum absolute atomic E-state index is 13.4. The van der Waals surface area contributed by atoms with Crippen molar-refractivity contribution in [1.82, 2.24) is 0 Å². The molecule has 1 atom stereocenters. The van der Waals surface area contributed by atoms with Gasteiger partial charge in [0.2, 0.25) is 0 Å². The molecule has 0 fully saturated rings. The van der Waals surface area contributed by atoms with E-state index in [2.05, 4.69) is 0 Å². The number of hydrogen-bond acceptors (Lipinski definition) is 2. The normalized spacial score (nSPS) is 14.7. The predicted molar refractivity (Wildman–Crippen MR) is 59.2 cm³/mol. The SMILES string of the molecule is CC(C)(CO)[C@H](N)c1ccc(C(F)(F)F)c(F)c1. The van der Waals surface area contributed by atoms with E-state index in [4.69, 9.17) is 10.8 Å². The van der Waals surface area contributed by atoms with Gasteiger partial charge >= 0.3 is 6.18 Å². The van der Waals surface area contributed by atoms with Crippen LogP contribution in [-0.4, -0.2) is 11.7 Å². The Morgan fingerprint density at radius 1 is 1.28 bits per heavy atom. The van der Waals surface area contributed by atoms with Gasteiger partial charge in [0.15, 0.2) is 0 Å². The number of aliphatic hydroxyl groups excluding tert-OH is 1. The Labute approximate surface area is 102 Å². The summed E-state index contributed by atoms with van der Waals surface area (Å²) in [5.41, 5.74) is 3.96. The third kappa shape index (κ3) is 3.00. The number of hydrogen-bond donors (Lipinski definition) is 2. The molecule has 3 N–H and O–H groups in total. The number of alkyl halides is 3. The minimum atomic E-state index is -4.72. The van der Waals surface area contributed by atoms with Crippen LogP contribution in [-0.2, 0) is 6.18 Å². The molecule has 0 saturated carbocycles. The molecule has 0 aliphatic heterocycles. The van der Waals surface area contributed by atoms with Gasteiger partial charge in [-0.2, -0.15) is 13.2 Å². The van der Waals surface area contributed by atoms with E-state index in [0.29, 0.717) is 6.07 Å². The largest absolute Gasteiger partial charge is 0.419 e. The Hall–Kier alpha value is -1.14. The average molecular weight is 265 g/mol. The van der Waals surface area contributed by atoms with Gasteiger partial charge in [0, 0.05) is 18.1 Å². The molecule has 6 heteroatoms. The minimum Gasteiger partial charge on any atom is -0.396 e. The zero-order valence-corrected chi connectivity index (χ0v) is 10.1. The van der Waals surface area contributed by atoms with Crippen LogP contribution >= 0.6 is 0 Å². The van der Waals surface area contributed by atoms with Crippen molar-refractivity contribution in [2.24, 2.45) is 11.1 Å². The van der Waals surface area contributed by atoms with Crippen LogP contribution in [0.15, 0.2) is 18.2 Å². The zero-order valence-electron chi connectivity index (χ0n) is 10.1. The van der Waals surface area contributed by atoms with Crippen LogP contribution in [0.25, 0.3) is 0 Å². The highest BCUT2D eigenvalue weighted by Gasteiger charge is 2.35. The van der Waals surface area contributed by atoms with Crippen LogP contribution in [0.2, 0.25) is 0 Å². The first-order valence-electron chi connectivity index (χ1n) is 5.32. The molecule has 1 rings (SSSR count). The Morgan fingerprint density at radius 3 is 2.22 bits per heavy atom. The Morgan fingerprint density at radius 2 is 1.83 bits per heavy atom. The van der Waals surface area contributed by atoms with Crippen molar-refractivity contribution in [1.29, 1.82) is 0 Å². The van der Waals surface area contributed by atoms with Crippen molar-refractivity contribution >= 4 is 0 Å². The molecule has 0 radical (unpaired) electrons. The average Bonchev–Trinajstić information content (AvgIpc) is 2.26. The maximum Gasteiger partial charge on any atom is 0.419 e. The second-order valence-corrected chi connectivity index (χ2v) is 4.86. The van der Waals surface area contributed by atoms with Crippen molar-refractivity contribution < 1.29 is 22.7 Å². The smallest absolute Gasteiger partial charge is 0.396 e. The van der Waals surface area contributed by atoms with E-state index in [9.17, 15) is 17.6 Å². The molecule has 0 spiro atoms. The molecular formula is C12H15F4NO. The highest BCUT2D eigenvalue weighted by atomic mass is 19.4. The molecule has 0 amide bonds. The molecule has 0 aliphatic carbocycles. The number of aliphatic hydroxyl groups is 1. The first-order chi connectivity index (χ1) is 8.09. The van der Waals surface area contributed by atoms with E-state index in [1.807, 2.05) is 0 Å². The second-order valence-electron chi connectivity index (χ2n) is 4.86. The minimum absolute atomic E-state index is 0.222. The number of benzene rings is 1. The van der Waals surface area contributed by atoms with E-state index in [1.54, 1.807) is 13.8 Å². The number of nitrogens with two attached hydrogens (primary N) is 1. The lowest BCUT2D eigenvalue weighted by atomic mass is 9.81. The van der Waals surface area contributed by atoms with E-state index in [1.165, 1.54) is 0 Å². The quantitative estimate of drug-likeness (QED) is 0.825. The van der Waals surface area contributed by atoms with Gasteiger partial charge in [0.05, 0.1) is 5.56 Å². The van der Waals surface area contributed by atoms with Crippen molar-refractivity contribution in [3.05, 3.63) is 35.1 Å². The first-order valence-corrected chi connectivity index (χ1v) is 5.32. The molecular weight excluding hydrogens is 250 g/mol. The molecule has 0 aliphatic rings. The molecule has 2 nitrogen and oxygen atoms in total. The Bertz CT molecular complexity index is 429. The van der Waals surface area contributed by atoms with Crippen molar-refractivity contribution in [3.63, 3.8) is 0 Å². The first kappa shape index (κ1) is 14.9. The van der Waals surface area contributed by atoms with Gasteiger partial charge < -0.3 is 10.8 Å². The molecule has 0 saturated heterocycles. The van der Waals surface area contributed by atoms with Gasteiger partial charge in [-0.15, -0.1) is 0 Å². The van der Waals surface area contributed by atoms with E-state index < -0.39 is 29.0 Å². The lowest BCUT2D eigenvalue weighted by Gasteiger charge is -2.30. The van der Waals surface area contributed by atoms with Gasteiger partial charge in [0.25, 0.3) is 0 Å². The number of halogens is 4. The van der Waals surface area contributed by atoms with Gasteiger partial charge in [-0.25, -0.2) is 4.39 Å². The molecule has 0 heterocycles. The predicted octanol–water partition coefficient (Wildman–Crippen LogP) is 2.86. The second kappa shape index (κ2) is 4.85. The van der Waals surface area contributed by atoms with Gasteiger partial charge in [-0.05, 0) is 17.7 Å². The summed E-state index contributed by atoms with van der Waals surface area (Å²) in [5.74, 6) is -1.36. The standard InChI is InChI=1S/C12H15F4NO/c1-11(2,6-18)10(17)7-3-4-8(9(13)5-7)12(14,15)16/h3-5,10,18H,6,17H2,1-2H3/t10-/m1/s1. The third-order valence-corrected chi connectivity index (χ3v) is 2.91. The van der Waals surface area contributed by atoms with Gasteiger partial charge in [0.1, 0.15) is 5.82 Å². The lowest BCUT2D eigenvalue weighted by molar-refractivity contribution is -0.140. The zero-order chi connectivity index (χ0) is 14.1. The molecule has 1 aromatic carbocycles. The summed E-state index contributed by atoms with van der Waals surface area (Å²) in [6.07, 6.45) is -4.72. The fraction of sp³-hybridized carbons (Fsp3) is 0.500. The topological polar surface area (TPSA) is 46.2 Å². The molecule has 0 aromatic heterocycles. The summed E-state index contributed by atoms with van der Waals surface area (Å²) in [6, 6.07) is 1.82. The van der Waals surface area contributed by atoms with Crippen molar-refractivity contribution in [3.8, 4) is 0 Å². The fourth-order valence-electron chi connectivity index (χ4n) is 1.50. The van der Waals surface area contributed by atoms with Crippen LogP contribution in [0.4, 0.5) is 17.6 Å². The summed E-state index contributed by atoms with van der Waals surface area (Å²) in [4.78, 5) is 0. The van der Waals surface area contributed by atoms with Crippen LogP contribution in [0.3, 0.4) is 0 Å². The van der Waals surface area contributed by atoms with Gasteiger partial charge in [-0.3, -0.25) is 0 Å². The molecule has 102 valence electrons. The molecule has 0 bridgehead atoms. The summed E-state index contributed by atoms with van der Waals surface area (Å²) in [6.45, 7) is 3.04. The van der Waals surface area contributed by atoms with Crippen LogP contribution < -0.4 is 5.73 Å². The highest BCUT2D eigenvalue weighted by Crippen LogP contribution is 2.35. The molecule has 0 unspecified atom stereocenters. The van der Waals surface area contributed by atoms with Gasteiger partial charge in [-0.1, -0.05) is 19.9 Å². The van der Waals surface area contributed by atoms with Crippen molar-refractivity contribution in [2.75, 3.05) is 6.61 Å². The summed E-state index contributed by atoms with van der Waals surface area (Å²) < 4.78 is 50.5. The maximum atomic E-state index is 13.4.